The van der Waals surface area contributed by atoms with E-state index in [4.69, 9.17) is 0 Å². The van der Waals surface area contributed by atoms with Gasteiger partial charge in [0, 0.05) is 35.8 Å². The van der Waals surface area contributed by atoms with Crippen LogP contribution in [0, 0.1) is 3.57 Å². The molecule has 5 heteroatoms. The molecule has 0 saturated carbocycles. The molecular formula is C14H23Cl2IN2. The van der Waals surface area contributed by atoms with E-state index in [-0.39, 0.29) is 24.8 Å². The fourth-order valence-electron chi connectivity index (χ4n) is 2.55. The number of rotatable bonds is 4. The van der Waals surface area contributed by atoms with Gasteiger partial charge in [-0.25, -0.2) is 0 Å². The summed E-state index contributed by atoms with van der Waals surface area (Å²) in [7, 11) is 0. The Balaban J connectivity index is 0.00000162. The molecule has 1 aromatic carbocycles. The summed E-state index contributed by atoms with van der Waals surface area (Å²) < 4.78 is 1.40. The maximum Gasteiger partial charge on any atom is 0.0359 e. The maximum atomic E-state index is 3.43. The van der Waals surface area contributed by atoms with Crippen LogP contribution in [-0.4, -0.2) is 31.1 Å². The standard InChI is InChI=1S/C14H21IN2.2ClH/c1-2-5-14(17-10-8-16-9-11-17)12-6-3-4-7-13(12)15;;/h3-4,6-7,14,16H,2,5,8-11H2,1H3;2*1H/t14-;;/m0../s1. The summed E-state index contributed by atoms with van der Waals surface area (Å²) in [6.45, 7) is 6.89. The first kappa shape index (κ1) is 19.4. The van der Waals surface area contributed by atoms with Gasteiger partial charge in [0.15, 0.2) is 0 Å². The van der Waals surface area contributed by atoms with Crippen molar-refractivity contribution >= 4 is 47.4 Å². The molecule has 1 aliphatic rings. The summed E-state index contributed by atoms with van der Waals surface area (Å²) in [4.78, 5) is 2.64. The van der Waals surface area contributed by atoms with Crippen LogP contribution in [0.5, 0.6) is 0 Å². The Bertz CT molecular complexity index is 357. The lowest BCUT2D eigenvalue weighted by atomic mass is 10.00. The van der Waals surface area contributed by atoms with Gasteiger partial charge < -0.3 is 5.32 Å². The number of halogens is 3. The zero-order valence-electron chi connectivity index (χ0n) is 11.3. The van der Waals surface area contributed by atoms with E-state index in [9.17, 15) is 0 Å². The monoisotopic (exact) mass is 416 g/mol. The highest BCUT2D eigenvalue weighted by atomic mass is 127. The van der Waals surface area contributed by atoms with Gasteiger partial charge in [0.2, 0.25) is 0 Å². The van der Waals surface area contributed by atoms with E-state index in [0.717, 1.165) is 13.1 Å². The largest absolute Gasteiger partial charge is 0.314 e. The normalized spacial score (nSPS) is 17.2. The fourth-order valence-corrected chi connectivity index (χ4v) is 3.29. The van der Waals surface area contributed by atoms with E-state index in [1.54, 1.807) is 0 Å². The van der Waals surface area contributed by atoms with Crippen molar-refractivity contribution in [3.05, 3.63) is 33.4 Å². The lowest BCUT2D eigenvalue weighted by Gasteiger charge is -2.35. The van der Waals surface area contributed by atoms with E-state index in [1.807, 2.05) is 0 Å². The summed E-state index contributed by atoms with van der Waals surface area (Å²) in [6.07, 6.45) is 2.51. The molecule has 1 N–H and O–H groups in total. The molecule has 1 aromatic rings. The number of piperazine rings is 1. The average molecular weight is 417 g/mol. The first-order valence-corrected chi connectivity index (χ1v) is 7.60. The van der Waals surface area contributed by atoms with Gasteiger partial charge in [0.05, 0.1) is 0 Å². The zero-order chi connectivity index (χ0) is 12.1. The lowest BCUT2D eigenvalue weighted by Crippen LogP contribution is -2.45. The van der Waals surface area contributed by atoms with Gasteiger partial charge in [-0.15, -0.1) is 24.8 Å². The van der Waals surface area contributed by atoms with Gasteiger partial charge in [-0.2, -0.15) is 0 Å². The van der Waals surface area contributed by atoms with Crippen LogP contribution in [0.3, 0.4) is 0 Å². The van der Waals surface area contributed by atoms with Crippen LogP contribution in [-0.2, 0) is 0 Å². The first-order valence-electron chi connectivity index (χ1n) is 6.52. The SMILES string of the molecule is CCC[C@@H](c1ccccc1I)N1CCNCC1.Cl.Cl. The highest BCUT2D eigenvalue weighted by Gasteiger charge is 2.22. The van der Waals surface area contributed by atoms with Gasteiger partial charge in [0.25, 0.3) is 0 Å². The van der Waals surface area contributed by atoms with Crippen molar-refractivity contribution in [1.82, 2.24) is 10.2 Å². The van der Waals surface area contributed by atoms with Crippen molar-refractivity contribution in [2.24, 2.45) is 0 Å². The van der Waals surface area contributed by atoms with Crippen molar-refractivity contribution in [2.75, 3.05) is 26.2 Å². The topological polar surface area (TPSA) is 15.3 Å². The second-order valence-corrected chi connectivity index (χ2v) is 5.77. The quantitative estimate of drug-likeness (QED) is 0.749. The highest BCUT2D eigenvalue weighted by Crippen LogP contribution is 2.29. The van der Waals surface area contributed by atoms with E-state index in [0.29, 0.717) is 6.04 Å². The summed E-state index contributed by atoms with van der Waals surface area (Å²) >= 11 is 2.47. The van der Waals surface area contributed by atoms with Crippen LogP contribution in [0.15, 0.2) is 24.3 Å². The minimum atomic E-state index is 0. The van der Waals surface area contributed by atoms with Crippen molar-refractivity contribution < 1.29 is 0 Å². The van der Waals surface area contributed by atoms with Crippen LogP contribution in [0.25, 0.3) is 0 Å². The molecule has 0 unspecified atom stereocenters. The van der Waals surface area contributed by atoms with Crippen LogP contribution >= 0.6 is 47.4 Å². The van der Waals surface area contributed by atoms with Crippen LogP contribution in [0.1, 0.15) is 31.4 Å². The first-order chi connectivity index (χ1) is 8.33. The summed E-state index contributed by atoms with van der Waals surface area (Å²) in [5.41, 5.74) is 1.51. The molecule has 19 heavy (non-hydrogen) atoms. The van der Waals surface area contributed by atoms with Gasteiger partial charge in [-0.1, -0.05) is 31.5 Å². The third kappa shape index (κ3) is 5.38. The minimum Gasteiger partial charge on any atom is -0.314 e. The van der Waals surface area contributed by atoms with Crippen LogP contribution in [0.2, 0.25) is 0 Å². The number of hydrogen-bond acceptors (Lipinski definition) is 2. The van der Waals surface area contributed by atoms with Gasteiger partial charge in [0.1, 0.15) is 0 Å². The van der Waals surface area contributed by atoms with E-state index in [1.165, 1.54) is 35.1 Å². The average Bonchev–Trinajstić information content (AvgIpc) is 2.38. The number of nitrogens with zero attached hydrogens (tertiary/aromatic N) is 1. The Hall–Kier alpha value is 0.450. The Morgan fingerprint density at radius 2 is 1.84 bits per heavy atom. The summed E-state index contributed by atoms with van der Waals surface area (Å²) in [5, 5.41) is 3.43. The van der Waals surface area contributed by atoms with Gasteiger partial charge in [-0.05, 0) is 40.6 Å². The van der Waals surface area contributed by atoms with Gasteiger partial charge in [-0.3, -0.25) is 4.90 Å². The molecule has 0 amide bonds. The Morgan fingerprint density at radius 3 is 2.42 bits per heavy atom. The Labute approximate surface area is 142 Å². The van der Waals surface area contributed by atoms with E-state index < -0.39 is 0 Å². The second-order valence-electron chi connectivity index (χ2n) is 4.61. The van der Waals surface area contributed by atoms with Gasteiger partial charge >= 0.3 is 0 Å². The molecule has 0 radical (unpaired) electrons. The third-order valence-electron chi connectivity index (χ3n) is 3.42. The third-order valence-corrected chi connectivity index (χ3v) is 4.40. The van der Waals surface area contributed by atoms with E-state index >= 15 is 0 Å². The molecule has 1 heterocycles. The van der Waals surface area contributed by atoms with Crippen molar-refractivity contribution in [3.8, 4) is 0 Å². The molecule has 1 atom stereocenters. The molecule has 1 fully saturated rings. The summed E-state index contributed by atoms with van der Waals surface area (Å²) in [6, 6.07) is 9.43. The molecule has 0 aliphatic carbocycles. The second kappa shape index (κ2) is 10.2. The van der Waals surface area contributed by atoms with Crippen molar-refractivity contribution in [3.63, 3.8) is 0 Å². The molecule has 0 aromatic heterocycles. The van der Waals surface area contributed by atoms with Crippen molar-refractivity contribution in [2.45, 2.75) is 25.8 Å². The lowest BCUT2D eigenvalue weighted by molar-refractivity contribution is 0.164. The highest BCUT2D eigenvalue weighted by molar-refractivity contribution is 14.1. The number of nitrogens with one attached hydrogen (secondary N) is 1. The molecule has 1 saturated heterocycles. The molecule has 0 spiro atoms. The smallest absolute Gasteiger partial charge is 0.0359 e. The van der Waals surface area contributed by atoms with Crippen LogP contribution in [0.4, 0.5) is 0 Å². The minimum absolute atomic E-state index is 0. The molecule has 0 bridgehead atoms. The van der Waals surface area contributed by atoms with Crippen LogP contribution < -0.4 is 5.32 Å². The number of benzene rings is 1. The molecular weight excluding hydrogens is 394 g/mol. The predicted molar refractivity (Wildman–Crippen MR) is 95.7 cm³/mol. The van der Waals surface area contributed by atoms with E-state index in [2.05, 4.69) is 64.0 Å². The maximum absolute atomic E-state index is 3.43. The molecule has 1 aliphatic heterocycles. The number of hydrogen-bond donors (Lipinski definition) is 1. The predicted octanol–water partition coefficient (Wildman–Crippen LogP) is 3.88. The van der Waals surface area contributed by atoms with Crippen molar-refractivity contribution in [1.29, 1.82) is 0 Å². The zero-order valence-corrected chi connectivity index (χ0v) is 15.1. The molecule has 2 rings (SSSR count). The Kier molecular flexibility index (Phi) is 10.5. The molecule has 2 nitrogen and oxygen atoms in total. The summed E-state index contributed by atoms with van der Waals surface area (Å²) in [5.74, 6) is 0. The fraction of sp³-hybridized carbons (Fsp3) is 0.571. The molecule has 110 valence electrons. The Morgan fingerprint density at radius 1 is 1.21 bits per heavy atom.